The van der Waals surface area contributed by atoms with E-state index in [9.17, 15) is 20.1 Å². The summed E-state index contributed by atoms with van der Waals surface area (Å²) in [6.45, 7) is 0.805. The summed E-state index contributed by atoms with van der Waals surface area (Å²) in [5.41, 5.74) is 0.150. The molecule has 0 spiro atoms. The van der Waals surface area contributed by atoms with Crippen molar-refractivity contribution in [2.45, 2.75) is 31.3 Å². The molecule has 1 aliphatic carbocycles. The van der Waals surface area contributed by atoms with Crippen LogP contribution in [0.1, 0.15) is 6.92 Å². The molecule has 0 fully saturated rings. The molecule has 0 heterocycles. The molecule has 0 aromatic heterocycles. The molecule has 86 valence electrons. The molecule has 6 heteroatoms. The van der Waals surface area contributed by atoms with Gasteiger partial charge in [0, 0.05) is 6.92 Å². The largest absolute Gasteiger partial charge is 0.392 e. The topological polar surface area (TPSA) is 110 Å². The summed E-state index contributed by atoms with van der Waals surface area (Å²) in [6, 6.07) is -0.951. The van der Waals surface area contributed by atoms with Crippen molar-refractivity contribution in [2.75, 3.05) is 6.61 Å². The number of amides is 1. The third-order valence-corrected chi connectivity index (χ3v) is 2.38. The van der Waals surface area contributed by atoms with Crippen LogP contribution in [0.25, 0.3) is 0 Å². The Labute approximate surface area is 86.9 Å². The Hall–Kier alpha value is -0.950. The van der Waals surface area contributed by atoms with Gasteiger partial charge in [0.25, 0.3) is 0 Å². The van der Waals surface area contributed by atoms with Gasteiger partial charge in [0.2, 0.25) is 5.91 Å². The number of hydrogen-bond donors (Lipinski definition) is 5. The van der Waals surface area contributed by atoms with E-state index in [1.165, 1.54) is 13.0 Å². The highest BCUT2D eigenvalue weighted by molar-refractivity contribution is 5.73. The highest BCUT2D eigenvalue weighted by Crippen LogP contribution is 2.19. The average Bonchev–Trinajstić information content (AvgIpc) is 2.18. The molecular formula is C9H15NO5. The van der Waals surface area contributed by atoms with Crippen molar-refractivity contribution in [3.05, 3.63) is 11.6 Å². The zero-order valence-corrected chi connectivity index (χ0v) is 8.29. The molecule has 1 rings (SSSR count). The van der Waals surface area contributed by atoms with Crippen LogP contribution in [0.2, 0.25) is 0 Å². The van der Waals surface area contributed by atoms with Crippen LogP contribution in [0.15, 0.2) is 11.6 Å². The number of nitrogens with one attached hydrogen (secondary N) is 1. The van der Waals surface area contributed by atoms with Crippen molar-refractivity contribution < 1.29 is 25.2 Å². The van der Waals surface area contributed by atoms with E-state index < -0.39 is 36.9 Å². The minimum atomic E-state index is -1.32. The van der Waals surface area contributed by atoms with E-state index in [1.54, 1.807) is 0 Å². The van der Waals surface area contributed by atoms with Gasteiger partial charge in [0.15, 0.2) is 0 Å². The third-order valence-electron chi connectivity index (χ3n) is 2.38. The Balaban J connectivity index is 2.84. The van der Waals surface area contributed by atoms with Gasteiger partial charge >= 0.3 is 0 Å². The fraction of sp³-hybridized carbons (Fsp3) is 0.667. The van der Waals surface area contributed by atoms with Gasteiger partial charge in [-0.05, 0) is 11.6 Å². The number of carbonyl (C=O) groups excluding carboxylic acids is 1. The second-order valence-corrected chi connectivity index (χ2v) is 3.55. The molecule has 0 radical (unpaired) electrons. The maximum Gasteiger partial charge on any atom is 0.217 e. The SMILES string of the molecule is CC(=O)NC1C(O)C=C(CO)C(O)C1O. The summed E-state index contributed by atoms with van der Waals surface area (Å²) in [7, 11) is 0. The number of aliphatic hydroxyl groups is 4. The minimum absolute atomic E-state index is 0.150. The van der Waals surface area contributed by atoms with Crippen LogP contribution in [-0.4, -0.2) is 57.3 Å². The van der Waals surface area contributed by atoms with Gasteiger partial charge in [-0.25, -0.2) is 0 Å². The number of carbonyl (C=O) groups is 1. The zero-order valence-electron chi connectivity index (χ0n) is 8.29. The van der Waals surface area contributed by atoms with Crippen LogP contribution < -0.4 is 5.32 Å². The minimum Gasteiger partial charge on any atom is -0.392 e. The summed E-state index contributed by atoms with van der Waals surface area (Å²) in [5.74, 6) is -0.411. The van der Waals surface area contributed by atoms with Crippen molar-refractivity contribution in [1.82, 2.24) is 5.32 Å². The molecule has 0 bridgehead atoms. The van der Waals surface area contributed by atoms with Crippen molar-refractivity contribution >= 4 is 5.91 Å². The Morgan fingerprint density at radius 2 is 2.07 bits per heavy atom. The van der Waals surface area contributed by atoms with Crippen LogP contribution in [0.3, 0.4) is 0 Å². The molecular weight excluding hydrogens is 202 g/mol. The van der Waals surface area contributed by atoms with Crippen LogP contribution in [0, 0.1) is 0 Å². The van der Waals surface area contributed by atoms with Crippen LogP contribution in [0.5, 0.6) is 0 Å². The molecule has 0 aromatic carbocycles. The normalized spacial score (nSPS) is 35.9. The summed E-state index contributed by atoms with van der Waals surface area (Å²) < 4.78 is 0. The molecule has 5 N–H and O–H groups in total. The first-order chi connectivity index (χ1) is 6.97. The van der Waals surface area contributed by atoms with Crippen molar-refractivity contribution in [1.29, 1.82) is 0 Å². The summed E-state index contributed by atoms with van der Waals surface area (Å²) >= 11 is 0. The van der Waals surface area contributed by atoms with Crippen LogP contribution in [0.4, 0.5) is 0 Å². The number of hydrogen-bond acceptors (Lipinski definition) is 5. The first-order valence-corrected chi connectivity index (χ1v) is 4.60. The lowest BCUT2D eigenvalue weighted by atomic mass is 9.88. The standard InChI is InChI=1S/C9H15NO5/c1-4(12)10-7-6(13)2-5(3-11)8(14)9(7)15/h2,6-9,11,13-15H,3H2,1H3,(H,10,12). The van der Waals surface area contributed by atoms with E-state index >= 15 is 0 Å². The molecule has 0 saturated heterocycles. The highest BCUT2D eigenvalue weighted by atomic mass is 16.3. The smallest absolute Gasteiger partial charge is 0.217 e. The molecule has 0 aromatic rings. The first kappa shape index (κ1) is 12.1. The lowest BCUT2D eigenvalue weighted by Gasteiger charge is -2.35. The molecule has 15 heavy (non-hydrogen) atoms. The summed E-state index contributed by atoms with van der Waals surface area (Å²) in [6.07, 6.45) is -2.47. The molecule has 4 atom stereocenters. The van der Waals surface area contributed by atoms with Gasteiger partial charge in [0.05, 0.1) is 18.8 Å². The maximum absolute atomic E-state index is 10.8. The molecule has 6 nitrogen and oxygen atoms in total. The fourth-order valence-corrected chi connectivity index (χ4v) is 1.59. The van der Waals surface area contributed by atoms with Crippen molar-refractivity contribution in [2.24, 2.45) is 0 Å². The molecule has 0 saturated carbocycles. The van der Waals surface area contributed by atoms with E-state index in [4.69, 9.17) is 5.11 Å². The Kier molecular flexibility index (Phi) is 3.81. The second-order valence-electron chi connectivity index (χ2n) is 3.55. The van der Waals surface area contributed by atoms with Crippen molar-refractivity contribution in [3.63, 3.8) is 0 Å². The van der Waals surface area contributed by atoms with E-state index in [0.29, 0.717) is 0 Å². The van der Waals surface area contributed by atoms with E-state index in [2.05, 4.69) is 5.32 Å². The van der Waals surface area contributed by atoms with Gasteiger partial charge in [-0.3, -0.25) is 4.79 Å². The van der Waals surface area contributed by atoms with Gasteiger partial charge in [-0.2, -0.15) is 0 Å². The lowest BCUT2D eigenvalue weighted by molar-refractivity contribution is -0.122. The summed E-state index contributed by atoms with van der Waals surface area (Å²) in [5, 5.41) is 39.8. The van der Waals surface area contributed by atoms with Gasteiger partial charge in [-0.1, -0.05) is 0 Å². The molecule has 0 aliphatic heterocycles. The quantitative estimate of drug-likeness (QED) is 0.329. The lowest BCUT2D eigenvalue weighted by Crippen LogP contribution is -2.57. The van der Waals surface area contributed by atoms with Crippen LogP contribution >= 0.6 is 0 Å². The van der Waals surface area contributed by atoms with Crippen LogP contribution in [-0.2, 0) is 4.79 Å². The predicted octanol–water partition coefficient (Wildman–Crippen LogP) is -2.49. The number of rotatable bonds is 2. The predicted molar refractivity (Wildman–Crippen MR) is 50.8 cm³/mol. The summed E-state index contributed by atoms with van der Waals surface area (Å²) in [4.78, 5) is 10.8. The van der Waals surface area contributed by atoms with E-state index in [-0.39, 0.29) is 5.57 Å². The van der Waals surface area contributed by atoms with Gasteiger partial charge in [-0.15, -0.1) is 0 Å². The fourth-order valence-electron chi connectivity index (χ4n) is 1.59. The Bertz CT molecular complexity index is 278. The first-order valence-electron chi connectivity index (χ1n) is 4.60. The highest BCUT2D eigenvalue weighted by Gasteiger charge is 2.37. The average molecular weight is 217 g/mol. The van der Waals surface area contributed by atoms with E-state index in [0.717, 1.165) is 0 Å². The third kappa shape index (κ3) is 2.54. The number of aliphatic hydroxyl groups excluding tert-OH is 4. The van der Waals surface area contributed by atoms with Gasteiger partial charge in [0.1, 0.15) is 12.2 Å². The maximum atomic E-state index is 10.8. The Morgan fingerprint density at radius 1 is 1.47 bits per heavy atom. The molecule has 1 amide bonds. The molecule has 4 unspecified atom stereocenters. The van der Waals surface area contributed by atoms with Gasteiger partial charge < -0.3 is 25.7 Å². The second kappa shape index (κ2) is 4.71. The van der Waals surface area contributed by atoms with Crippen molar-refractivity contribution in [3.8, 4) is 0 Å². The zero-order chi connectivity index (χ0) is 11.6. The monoisotopic (exact) mass is 217 g/mol. The molecule has 1 aliphatic rings. The Morgan fingerprint density at radius 3 is 2.53 bits per heavy atom. The van der Waals surface area contributed by atoms with E-state index in [1.807, 2.05) is 0 Å².